The van der Waals surface area contributed by atoms with Crippen LogP contribution in [0, 0.1) is 0 Å². The molecule has 3 rings (SSSR count). The van der Waals surface area contributed by atoms with Crippen LogP contribution in [-0.2, 0) is 30.5 Å². The third-order valence-corrected chi connectivity index (χ3v) is 4.45. The molecule has 0 atom stereocenters. The predicted molar refractivity (Wildman–Crippen MR) is 94.3 cm³/mol. The Kier molecular flexibility index (Phi) is 5.13. The van der Waals surface area contributed by atoms with Crippen LogP contribution >= 0.6 is 0 Å². The molecule has 1 amide bonds. The molecular formula is C20H19F3N2O. The van der Waals surface area contributed by atoms with Gasteiger partial charge in [0.25, 0.3) is 0 Å². The first-order chi connectivity index (χ1) is 12.4. The van der Waals surface area contributed by atoms with E-state index in [-0.39, 0.29) is 5.91 Å². The topological polar surface area (TPSA) is 41.1 Å². The van der Waals surface area contributed by atoms with Gasteiger partial charge in [-0.2, -0.15) is 13.2 Å². The highest BCUT2D eigenvalue weighted by Gasteiger charge is 2.30. The van der Waals surface area contributed by atoms with Crippen LogP contribution in [0.5, 0.6) is 0 Å². The maximum absolute atomic E-state index is 12.8. The summed E-state index contributed by atoms with van der Waals surface area (Å²) >= 11 is 0. The largest absolute Gasteiger partial charge is 0.416 e. The standard InChI is InChI=1S/C20H19F3N2O/c1-2-19(26)25-11-13-9-15-7-8-24-12-18(15)17(10-13)14-3-5-16(6-4-14)20(21,22)23/h2-6,9-10,24H,1,7-8,11-12H2,(H,25,26). The quantitative estimate of drug-likeness (QED) is 0.814. The van der Waals surface area contributed by atoms with Crippen LogP contribution in [0.1, 0.15) is 22.3 Å². The molecule has 1 heterocycles. The summed E-state index contributed by atoms with van der Waals surface area (Å²) in [6.45, 7) is 5.29. The molecular weight excluding hydrogens is 341 g/mol. The normalized spacial score (nSPS) is 13.8. The minimum atomic E-state index is -4.35. The van der Waals surface area contributed by atoms with Crippen molar-refractivity contribution in [3.05, 3.63) is 71.3 Å². The number of halogens is 3. The Morgan fingerprint density at radius 1 is 1.23 bits per heavy atom. The maximum atomic E-state index is 12.8. The Hall–Kier alpha value is -2.60. The van der Waals surface area contributed by atoms with Gasteiger partial charge in [0.05, 0.1) is 5.56 Å². The van der Waals surface area contributed by atoms with E-state index in [1.165, 1.54) is 18.2 Å². The van der Waals surface area contributed by atoms with Gasteiger partial charge in [0.1, 0.15) is 0 Å². The number of hydrogen-bond acceptors (Lipinski definition) is 2. The Morgan fingerprint density at radius 3 is 2.62 bits per heavy atom. The lowest BCUT2D eigenvalue weighted by atomic mass is 9.89. The van der Waals surface area contributed by atoms with Gasteiger partial charge in [-0.1, -0.05) is 24.8 Å². The summed E-state index contributed by atoms with van der Waals surface area (Å²) in [4.78, 5) is 11.4. The molecule has 0 aliphatic carbocycles. The highest BCUT2D eigenvalue weighted by atomic mass is 19.4. The van der Waals surface area contributed by atoms with Crippen molar-refractivity contribution < 1.29 is 18.0 Å². The van der Waals surface area contributed by atoms with Crippen LogP contribution in [-0.4, -0.2) is 12.5 Å². The van der Waals surface area contributed by atoms with Crippen LogP contribution < -0.4 is 10.6 Å². The van der Waals surface area contributed by atoms with Crippen molar-refractivity contribution in [3.8, 4) is 11.1 Å². The second-order valence-electron chi connectivity index (χ2n) is 6.20. The molecule has 0 saturated carbocycles. The Labute approximate surface area is 149 Å². The highest BCUT2D eigenvalue weighted by molar-refractivity contribution is 5.86. The van der Waals surface area contributed by atoms with E-state index in [1.807, 2.05) is 12.1 Å². The second kappa shape index (κ2) is 7.33. The summed E-state index contributed by atoms with van der Waals surface area (Å²) < 4.78 is 38.4. The SMILES string of the molecule is C=CC(=O)NCc1cc2c(c(-c3ccc(C(F)(F)F)cc3)c1)CNCC2. The van der Waals surface area contributed by atoms with Crippen LogP contribution in [0.2, 0.25) is 0 Å². The zero-order valence-electron chi connectivity index (χ0n) is 14.1. The number of nitrogens with one attached hydrogen (secondary N) is 2. The Morgan fingerprint density at radius 2 is 1.96 bits per heavy atom. The highest BCUT2D eigenvalue weighted by Crippen LogP contribution is 2.34. The number of alkyl halides is 3. The number of carbonyl (C=O) groups is 1. The van der Waals surface area contributed by atoms with Crippen molar-refractivity contribution in [2.45, 2.75) is 25.7 Å². The van der Waals surface area contributed by atoms with Gasteiger partial charge in [0.15, 0.2) is 0 Å². The van der Waals surface area contributed by atoms with E-state index >= 15 is 0 Å². The predicted octanol–water partition coefficient (Wildman–Crippen LogP) is 3.82. The van der Waals surface area contributed by atoms with Gasteiger partial charge in [0, 0.05) is 13.1 Å². The molecule has 0 saturated heterocycles. The van der Waals surface area contributed by atoms with Crippen LogP contribution in [0.25, 0.3) is 11.1 Å². The van der Waals surface area contributed by atoms with E-state index in [1.54, 1.807) is 0 Å². The first-order valence-corrected chi connectivity index (χ1v) is 8.32. The van der Waals surface area contributed by atoms with Gasteiger partial charge in [-0.25, -0.2) is 0 Å². The molecule has 2 aromatic carbocycles. The zero-order chi connectivity index (χ0) is 18.7. The molecule has 0 unspecified atom stereocenters. The second-order valence-corrected chi connectivity index (χ2v) is 6.20. The van der Waals surface area contributed by atoms with Gasteiger partial charge >= 0.3 is 6.18 Å². The van der Waals surface area contributed by atoms with E-state index in [0.717, 1.165) is 52.9 Å². The molecule has 2 aromatic rings. The van der Waals surface area contributed by atoms with Crippen molar-refractivity contribution in [3.63, 3.8) is 0 Å². The lowest BCUT2D eigenvalue weighted by Gasteiger charge is -2.22. The van der Waals surface area contributed by atoms with Gasteiger partial charge in [-0.15, -0.1) is 0 Å². The number of benzene rings is 2. The van der Waals surface area contributed by atoms with Crippen LogP contribution in [0.15, 0.2) is 49.1 Å². The lowest BCUT2D eigenvalue weighted by molar-refractivity contribution is -0.137. The van der Waals surface area contributed by atoms with Crippen molar-refractivity contribution in [1.82, 2.24) is 10.6 Å². The van der Waals surface area contributed by atoms with Crippen molar-refractivity contribution in [2.75, 3.05) is 6.54 Å². The van der Waals surface area contributed by atoms with Gasteiger partial charge in [-0.3, -0.25) is 4.79 Å². The fourth-order valence-electron chi connectivity index (χ4n) is 3.13. The van der Waals surface area contributed by atoms with E-state index in [4.69, 9.17) is 0 Å². The Bertz CT molecular complexity index is 826. The van der Waals surface area contributed by atoms with Crippen LogP contribution in [0.4, 0.5) is 13.2 Å². The van der Waals surface area contributed by atoms with E-state index in [9.17, 15) is 18.0 Å². The molecule has 0 spiro atoms. The molecule has 0 bridgehead atoms. The summed E-state index contributed by atoms with van der Waals surface area (Å²) in [6, 6.07) is 9.18. The molecule has 0 aromatic heterocycles. The number of amides is 1. The number of fused-ring (bicyclic) bond motifs is 1. The van der Waals surface area contributed by atoms with Crippen molar-refractivity contribution in [2.24, 2.45) is 0 Å². The molecule has 3 nitrogen and oxygen atoms in total. The fourth-order valence-corrected chi connectivity index (χ4v) is 3.13. The molecule has 0 fully saturated rings. The van der Waals surface area contributed by atoms with E-state index < -0.39 is 11.7 Å². The molecule has 2 N–H and O–H groups in total. The van der Waals surface area contributed by atoms with Gasteiger partial charge < -0.3 is 10.6 Å². The van der Waals surface area contributed by atoms with Crippen LogP contribution in [0.3, 0.4) is 0 Å². The van der Waals surface area contributed by atoms with Gasteiger partial charge in [-0.05, 0) is 65.1 Å². The monoisotopic (exact) mass is 360 g/mol. The summed E-state index contributed by atoms with van der Waals surface area (Å²) in [5, 5.41) is 6.04. The van der Waals surface area contributed by atoms with Crippen molar-refractivity contribution in [1.29, 1.82) is 0 Å². The first kappa shape index (κ1) is 18.2. The number of rotatable bonds is 4. The fraction of sp³-hybridized carbons (Fsp3) is 0.250. The first-order valence-electron chi connectivity index (χ1n) is 8.32. The van der Waals surface area contributed by atoms with E-state index in [2.05, 4.69) is 17.2 Å². The summed E-state index contributed by atoms with van der Waals surface area (Å²) in [5.41, 5.74) is 4.12. The zero-order valence-corrected chi connectivity index (χ0v) is 14.1. The maximum Gasteiger partial charge on any atom is 0.416 e. The average molecular weight is 360 g/mol. The summed E-state index contributed by atoms with van der Waals surface area (Å²) in [7, 11) is 0. The molecule has 26 heavy (non-hydrogen) atoms. The smallest absolute Gasteiger partial charge is 0.348 e. The molecule has 1 aliphatic rings. The summed E-state index contributed by atoms with van der Waals surface area (Å²) in [5.74, 6) is -0.263. The third-order valence-electron chi connectivity index (χ3n) is 4.45. The third kappa shape index (κ3) is 3.96. The minimum absolute atomic E-state index is 0.263. The van der Waals surface area contributed by atoms with Crippen molar-refractivity contribution >= 4 is 5.91 Å². The molecule has 6 heteroatoms. The molecule has 1 aliphatic heterocycles. The molecule has 0 radical (unpaired) electrons. The average Bonchev–Trinajstić information content (AvgIpc) is 2.64. The minimum Gasteiger partial charge on any atom is -0.348 e. The van der Waals surface area contributed by atoms with Gasteiger partial charge in [0.2, 0.25) is 5.91 Å². The Balaban J connectivity index is 1.98. The number of carbonyl (C=O) groups excluding carboxylic acids is 1. The summed E-state index contributed by atoms with van der Waals surface area (Å²) in [6.07, 6.45) is -2.30. The van der Waals surface area contributed by atoms with E-state index in [0.29, 0.717) is 13.1 Å². The molecule has 136 valence electrons. The number of hydrogen-bond donors (Lipinski definition) is 2. The lowest BCUT2D eigenvalue weighted by Crippen LogP contribution is -2.25.